The molecule has 1 aliphatic rings. The van der Waals surface area contributed by atoms with Crippen LogP contribution in [-0.2, 0) is 6.54 Å². The van der Waals surface area contributed by atoms with Crippen molar-refractivity contribution in [2.75, 3.05) is 42.4 Å². The van der Waals surface area contributed by atoms with Gasteiger partial charge < -0.3 is 15.4 Å². The van der Waals surface area contributed by atoms with E-state index < -0.39 is 12.5 Å². The van der Waals surface area contributed by atoms with Crippen LogP contribution in [0.4, 0.5) is 26.1 Å². The van der Waals surface area contributed by atoms with Gasteiger partial charge in [0.1, 0.15) is 5.69 Å². The average Bonchev–Trinajstić information content (AvgIpc) is 3.08. The minimum atomic E-state index is -2.78. The van der Waals surface area contributed by atoms with Gasteiger partial charge in [0, 0.05) is 25.0 Å². The van der Waals surface area contributed by atoms with E-state index in [4.69, 9.17) is 22.1 Å². The molecule has 2 aromatic rings. The van der Waals surface area contributed by atoms with E-state index >= 15 is 0 Å². The third-order valence-corrected chi connectivity index (χ3v) is 5.26. The van der Waals surface area contributed by atoms with Crippen molar-refractivity contribution in [3.8, 4) is 6.01 Å². The monoisotopic (exact) mass is 440 g/mol. The molecule has 0 unspecified atom stereocenters. The number of rotatable bonds is 9. The summed E-state index contributed by atoms with van der Waals surface area (Å²) >= 11 is 6.30. The van der Waals surface area contributed by atoms with Crippen LogP contribution in [0.15, 0.2) is 24.3 Å². The predicted molar refractivity (Wildman–Crippen MR) is 115 cm³/mol. The number of nitrogens with two attached hydrogens (primary N) is 1. The van der Waals surface area contributed by atoms with Crippen molar-refractivity contribution in [2.45, 2.75) is 38.7 Å². The number of hydrogen-bond acceptors (Lipinski definition) is 7. The second-order valence-corrected chi connectivity index (χ2v) is 7.60. The molecule has 0 spiro atoms. The van der Waals surface area contributed by atoms with E-state index in [0.717, 1.165) is 18.4 Å². The molecule has 164 valence electrons. The van der Waals surface area contributed by atoms with Crippen LogP contribution in [0.2, 0.25) is 5.02 Å². The van der Waals surface area contributed by atoms with Crippen molar-refractivity contribution in [1.82, 2.24) is 15.4 Å². The lowest BCUT2D eigenvalue weighted by Crippen LogP contribution is -2.36. The number of nitrogen functional groups attached to an aromatic ring is 1. The van der Waals surface area contributed by atoms with Gasteiger partial charge in [-0.2, -0.15) is 9.97 Å². The molecule has 0 atom stereocenters. The second kappa shape index (κ2) is 9.61. The Bertz CT molecular complexity index is 869. The third-order valence-electron chi connectivity index (χ3n) is 4.90. The topological polar surface area (TPSA) is 79.5 Å². The molecule has 0 aliphatic carbocycles. The number of alkyl halides is 2. The third kappa shape index (κ3) is 5.20. The molecule has 3 rings (SSSR count). The first kappa shape index (κ1) is 22.3. The van der Waals surface area contributed by atoms with Gasteiger partial charge in [-0.25, -0.2) is 14.2 Å². The first-order chi connectivity index (χ1) is 14.3. The maximum Gasteiger partial charge on any atom is 0.320 e. The number of halogens is 3. The molecule has 1 saturated heterocycles. The molecule has 1 fully saturated rings. The zero-order chi connectivity index (χ0) is 21.7. The van der Waals surface area contributed by atoms with Crippen LogP contribution in [0.1, 0.15) is 31.7 Å². The lowest BCUT2D eigenvalue weighted by Gasteiger charge is -2.27. The maximum atomic E-state index is 13.8. The Morgan fingerprint density at radius 1 is 1.33 bits per heavy atom. The highest BCUT2D eigenvalue weighted by Gasteiger charge is 2.40. The summed E-state index contributed by atoms with van der Waals surface area (Å²) in [5.41, 5.74) is 10.5. The first-order valence-corrected chi connectivity index (χ1v) is 10.3. The van der Waals surface area contributed by atoms with Gasteiger partial charge in [0.05, 0.1) is 19.7 Å². The molecule has 1 aromatic carbocycles. The summed E-state index contributed by atoms with van der Waals surface area (Å²) in [6.07, 6.45) is 1.53. The van der Waals surface area contributed by atoms with Crippen LogP contribution in [0, 0.1) is 0 Å². The van der Waals surface area contributed by atoms with Crippen LogP contribution in [-0.4, -0.2) is 42.6 Å². The summed E-state index contributed by atoms with van der Waals surface area (Å²) in [7, 11) is 1.72. The van der Waals surface area contributed by atoms with Crippen molar-refractivity contribution in [3.63, 3.8) is 0 Å². The summed E-state index contributed by atoms with van der Waals surface area (Å²) in [5, 5.41) is 2.30. The summed E-state index contributed by atoms with van der Waals surface area (Å²) < 4.78 is 33.3. The van der Waals surface area contributed by atoms with Crippen LogP contribution < -0.4 is 25.8 Å². The molecule has 7 nitrogen and oxygen atoms in total. The van der Waals surface area contributed by atoms with E-state index in [1.807, 2.05) is 25.1 Å². The number of hydrazine groups is 1. The van der Waals surface area contributed by atoms with E-state index in [9.17, 15) is 8.78 Å². The predicted octanol–water partition coefficient (Wildman–Crippen LogP) is 3.88. The Kier molecular flexibility index (Phi) is 7.14. The first-order valence-electron chi connectivity index (χ1n) is 9.96. The van der Waals surface area contributed by atoms with Gasteiger partial charge in [-0.15, -0.1) is 0 Å². The largest absolute Gasteiger partial charge is 0.463 e. The minimum absolute atomic E-state index is 0.109. The lowest BCUT2D eigenvalue weighted by molar-refractivity contribution is 0.0256. The Labute approximate surface area is 180 Å². The number of nitrogens with zero attached hydrogens (tertiary/aromatic N) is 4. The highest BCUT2D eigenvalue weighted by atomic mass is 35.5. The van der Waals surface area contributed by atoms with E-state index in [2.05, 4.69) is 15.4 Å². The van der Waals surface area contributed by atoms with Gasteiger partial charge in [0.15, 0.2) is 11.6 Å². The summed E-state index contributed by atoms with van der Waals surface area (Å²) in [5.74, 6) is -2.17. The summed E-state index contributed by atoms with van der Waals surface area (Å²) in [6.45, 7) is 2.56. The number of ether oxygens (including phenoxy) is 1. The number of aromatic nitrogens is 2. The Hall–Kier alpha value is -2.39. The van der Waals surface area contributed by atoms with Gasteiger partial charge in [0.2, 0.25) is 0 Å². The second-order valence-electron chi connectivity index (χ2n) is 7.20. The van der Waals surface area contributed by atoms with Gasteiger partial charge >= 0.3 is 6.01 Å². The molecule has 0 radical (unpaired) electrons. The highest BCUT2D eigenvalue weighted by molar-refractivity contribution is 6.31. The van der Waals surface area contributed by atoms with Crippen molar-refractivity contribution in [3.05, 3.63) is 34.9 Å². The van der Waals surface area contributed by atoms with Crippen LogP contribution in [0.5, 0.6) is 6.01 Å². The van der Waals surface area contributed by atoms with Crippen molar-refractivity contribution >= 4 is 28.9 Å². The molecular weight excluding hydrogens is 414 g/mol. The molecular formula is C20H27ClF2N6O. The molecule has 2 heterocycles. The van der Waals surface area contributed by atoms with Crippen molar-refractivity contribution in [1.29, 1.82) is 0 Å². The standard InChI is InChI=1S/C20H27ClF2N6O/c1-3-4-11-30-19-26-17(28-10-9-20(22,23)13-28)16(24)18(27-19)29(25-2)12-14-7-5-6-8-15(14)21/h5-8,25H,3-4,9-13,24H2,1-2H3. The van der Waals surface area contributed by atoms with E-state index in [1.54, 1.807) is 18.1 Å². The molecule has 1 aliphatic heterocycles. The fraction of sp³-hybridized carbons (Fsp3) is 0.500. The maximum absolute atomic E-state index is 13.8. The van der Waals surface area contributed by atoms with Crippen molar-refractivity contribution in [2.24, 2.45) is 0 Å². The van der Waals surface area contributed by atoms with Crippen LogP contribution in [0.25, 0.3) is 0 Å². The number of nitrogens with one attached hydrogen (secondary N) is 1. The molecule has 30 heavy (non-hydrogen) atoms. The van der Waals surface area contributed by atoms with Gasteiger partial charge in [0.25, 0.3) is 5.92 Å². The molecule has 0 amide bonds. The Morgan fingerprint density at radius 2 is 2.10 bits per heavy atom. The normalized spacial score (nSPS) is 15.4. The quantitative estimate of drug-likeness (QED) is 0.452. The zero-order valence-electron chi connectivity index (χ0n) is 17.2. The molecule has 0 bridgehead atoms. The highest BCUT2D eigenvalue weighted by Crippen LogP contribution is 2.37. The molecule has 0 saturated carbocycles. The smallest absolute Gasteiger partial charge is 0.320 e. The lowest BCUT2D eigenvalue weighted by atomic mass is 10.2. The van der Waals surface area contributed by atoms with Gasteiger partial charge in [-0.3, -0.25) is 5.01 Å². The minimum Gasteiger partial charge on any atom is -0.463 e. The van der Waals surface area contributed by atoms with Crippen LogP contribution in [0.3, 0.4) is 0 Å². The Balaban J connectivity index is 1.97. The van der Waals surface area contributed by atoms with E-state index in [1.165, 1.54) is 4.90 Å². The number of unbranched alkanes of at least 4 members (excludes halogenated alkanes) is 1. The van der Waals surface area contributed by atoms with Crippen molar-refractivity contribution < 1.29 is 13.5 Å². The number of hydrogen-bond donors (Lipinski definition) is 2. The zero-order valence-corrected chi connectivity index (χ0v) is 17.9. The molecule has 1 aromatic heterocycles. The average molecular weight is 441 g/mol. The van der Waals surface area contributed by atoms with Crippen LogP contribution >= 0.6 is 11.6 Å². The molecule has 10 heteroatoms. The van der Waals surface area contributed by atoms with E-state index in [0.29, 0.717) is 24.0 Å². The summed E-state index contributed by atoms with van der Waals surface area (Å²) in [4.78, 5) is 10.3. The van der Waals surface area contributed by atoms with Gasteiger partial charge in [-0.05, 0) is 18.1 Å². The fourth-order valence-corrected chi connectivity index (χ4v) is 3.41. The molecule has 3 N–H and O–H groups in total. The summed E-state index contributed by atoms with van der Waals surface area (Å²) in [6, 6.07) is 7.53. The fourth-order valence-electron chi connectivity index (χ4n) is 3.22. The Morgan fingerprint density at radius 3 is 2.73 bits per heavy atom. The number of anilines is 3. The number of benzene rings is 1. The van der Waals surface area contributed by atoms with Gasteiger partial charge in [-0.1, -0.05) is 43.1 Å². The van der Waals surface area contributed by atoms with E-state index in [-0.39, 0.29) is 30.5 Å². The SMILES string of the molecule is CCCCOc1nc(N2CCC(F)(F)C2)c(N)c(N(Cc2ccccc2Cl)NC)n1.